The predicted octanol–water partition coefficient (Wildman–Crippen LogP) is 4.20. The topological polar surface area (TPSA) is 12.9 Å². The highest BCUT2D eigenvalue weighted by Crippen LogP contribution is 2.46. The molecule has 2 heteroatoms. The van der Waals surface area contributed by atoms with E-state index in [4.69, 9.17) is 11.6 Å². The highest BCUT2D eigenvalue weighted by Gasteiger charge is 2.38. The first kappa shape index (κ1) is 11.9. The van der Waals surface area contributed by atoms with Crippen LogP contribution in [0.1, 0.15) is 44.6 Å². The van der Waals surface area contributed by atoms with E-state index in [0.29, 0.717) is 5.41 Å². The summed E-state index contributed by atoms with van der Waals surface area (Å²) < 4.78 is 0. The first-order valence-electron chi connectivity index (χ1n) is 6.30. The van der Waals surface area contributed by atoms with Gasteiger partial charge in [-0.25, -0.2) is 0 Å². The van der Waals surface area contributed by atoms with Crippen molar-refractivity contribution in [3.05, 3.63) is 30.1 Å². The molecule has 2 rings (SSSR count). The fourth-order valence-corrected chi connectivity index (χ4v) is 3.46. The van der Waals surface area contributed by atoms with Crippen LogP contribution in [-0.4, -0.2) is 10.4 Å². The van der Waals surface area contributed by atoms with E-state index in [1.54, 1.807) is 0 Å². The van der Waals surface area contributed by atoms with Crippen molar-refractivity contribution in [2.45, 2.75) is 50.8 Å². The summed E-state index contributed by atoms with van der Waals surface area (Å²) in [4.78, 5) is 4.04. The van der Waals surface area contributed by atoms with Crippen molar-refractivity contribution in [2.24, 2.45) is 5.41 Å². The molecule has 16 heavy (non-hydrogen) atoms. The maximum atomic E-state index is 6.66. The molecule has 0 bridgehead atoms. The van der Waals surface area contributed by atoms with Crippen molar-refractivity contribution in [2.75, 3.05) is 0 Å². The molecule has 1 unspecified atom stereocenters. The third-order valence-electron chi connectivity index (χ3n) is 4.13. The monoisotopic (exact) mass is 237 g/mol. The van der Waals surface area contributed by atoms with E-state index in [1.807, 2.05) is 12.4 Å². The summed E-state index contributed by atoms with van der Waals surface area (Å²) in [7, 11) is 0. The van der Waals surface area contributed by atoms with Crippen LogP contribution in [0.25, 0.3) is 0 Å². The number of halogens is 1. The summed E-state index contributed by atoms with van der Waals surface area (Å²) in [5.41, 5.74) is 1.71. The molecule has 0 saturated heterocycles. The molecule has 1 aromatic rings. The first-order chi connectivity index (χ1) is 7.77. The Morgan fingerprint density at radius 1 is 1.31 bits per heavy atom. The largest absolute Gasteiger partial charge is 0.265 e. The van der Waals surface area contributed by atoms with E-state index < -0.39 is 0 Å². The zero-order valence-corrected chi connectivity index (χ0v) is 10.7. The van der Waals surface area contributed by atoms with Crippen LogP contribution >= 0.6 is 11.6 Å². The fraction of sp³-hybridized carbons (Fsp3) is 0.643. The summed E-state index contributed by atoms with van der Waals surface area (Å²) in [5.74, 6) is 0. The summed E-state index contributed by atoms with van der Waals surface area (Å²) in [6.45, 7) is 2.28. The van der Waals surface area contributed by atoms with Gasteiger partial charge in [-0.3, -0.25) is 4.98 Å². The average Bonchev–Trinajstić information content (AvgIpc) is 2.80. The summed E-state index contributed by atoms with van der Waals surface area (Å²) >= 11 is 6.66. The van der Waals surface area contributed by atoms with Crippen molar-refractivity contribution >= 4 is 11.6 Å². The average molecular weight is 238 g/mol. The van der Waals surface area contributed by atoms with Crippen LogP contribution in [0, 0.1) is 5.41 Å². The molecule has 1 nitrogen and oxygen atoms in total. The van der Waals surface area contributed by atoms with Gasteiger partial charge in [-0.15, -0.1) is 11.6 Å². The Balaban J connectivity index is 2.04. The van der Waals surface area contributed by atoms with Gasteiger partial charge in [-0.2, -0.15) is 0 Å². The van der Waals surface area contributed by atoms with Crippen molar-refractivity contribution in [3.63, 3.8) is 0 Å². The quantitative estimate of drug-likeness (QED) is 0.716. The van der Waals surface area contributed by atoms with E-state index in [1.165, 1.54) is 37.7 Å². The molecular weight excluding hydrogens is 218 g/mol. The van der Waals surface area contributed by atoms with Gasteiger partial charge in [0, 0.05) is 17.8 Å². The lowest BCUT2D eigenvalue weighted by molar-refractivity contribution is 0.267. The zero-order valence-electron chi connectivity index (χ0n) is 9.95. The van der Waals surface area contributed by atoms with Crippen LogP contribution < -0.4 is 0 Å². The van der Waals surface area contributed by atoms with Gasteiger partial charge < -0.3 is 0 Å². The Hall–Kier alpha value is -0.560. The molecule has 1 aromatic heterocycles. The van der Waals surface area contributed by atoms with Crippen molar-refractivity contribution in [1.29, 1.82) is 0 Å². The van der Waals surface area contributed by atoms with Gasteiger partial charge >= 0.3 is 0 Å². The normalized spacial score (nSPS) is 20.9. The molecule has 1 atom stereocenters. The molecule has 0 radical (unpaired) electrons. The molecule has 0 N–H and O–H groups in total. The molecule has 0 aliphatic heterocycles. The highest BCUT2D eigenvalue weighted by molar-refractivity contribution is 6.21. The summed E-state index contributed by atoms with van der Waals surface area (Å²) in [6, 6.07) is 4.15. The second-order valence-corrected chi connectivity index (χ2v) is 5.48. The standard InChI is InChI=1S/C14H20ClN/c1-2-14(7-3-4-8-14)13(15)11-12-5-9-16-10-6-12/h5-6,9-10,13H,2-4,7-8,11H2,1H3. The number of alkyl halides is 1. The number of aromatic nitrogens is 1. The van der Waals surface area contributed by atoms with Crippen LogP contribution in [0.5, 0.6) is 0 Å². The fourth-order valence-electron chi connectivity index (χ4n) is 2.91. The van der Waals surface area contributed by atoms with Crippen LogP contribution in [-0.2, 0) is 6.42 Å². The van der Waals surface area contributed by atoms with E-state index in [0.717, 1.165) is 6.42 Å². The molecule has 0 aromatic carbocycles. The van der Waals surface area contributed by atoms with Gasteiger partial charge in [0.15, 0.2) is 0 Å². The molecule has 1 heterocycles. The smallest absolute Gasteiger partial charge is 0.0432 e. The van der Waals surface area contributed by atoms with Gasteiger partial charge in [-0.1, -0.05) is 19.8 Å². The summed E-state index contributed by atoms with van der Waals surface area (Å²) in [5, 5.41) is 0.280. The first-order valence-corrected chi connectivity index (χ1v) is 6.73. The van der Waals surface area contributed by atoms with Crippen molar-refractivity contribution < 1.29 is 0 Å². The number of hydrogen-bond acceptors (Lipinski definition) is 1. The maximum Gasteiger partial charge on any atom is 0.0432 e. The Morgan fingerprint density at radius 3 is 2.50 bits per heavy atom. The maximum absolute atomic E-state index is 6.66. The lowest BCUT2D eigenvalue weighted by Crippen LogP contribution is -2.29. The molecule has 0 amide bonds. The SMILES string of the molecule is CCC1(C(Cl)Cc2ccncc2)CCCC1. The Morgan fingerprint density at radius 2 is 1.94 bits per heavy atom. The van der Waals surface area contributed by atoms with Crippen LogP contribution in [0.3, 0.4) is 0 Å². The minimum Gasteiger partial charge on any atom is -0.265 e. The number of hydrogen-bond donors (Lipinski definition) is 0. The van der Waals surface area contributed by atoms with Crippen molar-refractivity contribution in [1.82, 2.24) is 4.98 Å². The van der Waals surface area contributed by atoms with Gasteiger partial charge in [0.25, 0.3) is 0 Å². The van der Waals surface area contributed by atoms with Gasteiger partial charge in [0.2, 0.25) is 0 Å². The van der Waals surface area contributed by atoms with E-state index in [9.17, 15) is 0 Å². The molecule has 1 aliphatic carbocycles. The molecule has 1 fully saturated rings. The van der Waals surface area contributed by atoms with Gasteiger partial charge in [-0.05, 0) is 48.8 Å². The van der Waals surface area contributed by atoms with Gasteiger partial charge in [0.1, 0.15) is 0 Å². The number of pyridine rings is 1. The minimum atomic E-state index is 0.280. The third-order valence-corrected chi connectivity index (χ3v) is 4.75. The van der Waals surface area contributed by atoms with E-state index >= 15 is 0 Å². The molecule has 1 aliphatic rings. The molecule has 0 spiro atoms. The number of rotatable bonds is 4. The van der Waals surface area contributed by atoms with E-state index in [-0.39, 0.29) is 5.38 Å². The second-order valence-electron chi connectivity index (χ2n) is 4.95. The Kier molecular flexibility index (Phi) is 3.86. The predicted molar refractivity (Wildman–Crippen MR) is 68.8 cm³/mol. The van der Waals surface area contributed by atoms with Crippen LogP contribution in [0.2, 0.25) is 0 Å². The lowest BCUT2D eigenvalue weighted by atomic mass is 9.78. The highest BCUT2D eigenvalue weighted by atomic mass is 35.5. The Bertz CT molecular complexity index is 317. The lowest BCUT2D eigenvalue weighted by Gasteiger charge is -2.33. The Labute approximate surface area is 103 Å². The zero-order chi connectivity index (χ0) is 11.4. The third kappa shape index (κ3) is 2.40. The molecule has 88 valence electrons. The summed E-state index contributed by atoms with van der Waals surface area (Å²) in [6.07, 6.45) is 11.2. The van der Waals surface area contributed by atoms with Gasteiger partial charge in [0.05, 0.1) is 0 Å². The van der Waals surface area contributed by atoms with Crippen LogP contribution in [0.4, 0.5) is 0 Å². The number of nitrogens with zero attached hydrogens (tertiary/aromatic N) is 1. The molecule has 1 saturated carbocycles. The molecular formula is C14H20ClN. The second kappa shape index (κ2) is 5.18. The van der Waals surface area contributed by atoms with Crippen molar-refractivity contribution in [3.8, 4) is 0 Å². The minimum absolute atomic E-state index is 0.280. The van der Waals surface area contributed by atoms with E-state index in [2.05, 4.69) is 24.0 Å². The van der Waals surface area contributed by atoms with Crippen LogP contribution in [0.15, 0.2) is 24.5 Å².